The molecule has 4 aromatic rings. The van der Waals surface area contributed by atoms with Gasteiger partial charge in [0.2, 0.25) is 5.82 Å². The molecule has 0 spiro atoms. The smallest absolute Gasteiger partial charge is 0.200 e. The highest BCUT2D eigenvalue weighted by molar-refractivity contribution is 6.54. The van der Waals surface area contributed by atoms with Crippen LogP contribution in [0.5, 0.6) is 0 Å². The van der Waals surface area contributed by atoms with Crippen LogP contribution in [-0.2, 0) is 0 Å². The molecule has 3 aromatic heterocycles. The predicted octanol–water partition coefficient (Wildman–Crippen LogP) is 4.97. The molecule has 0 unspecified atom stereocenters. The third kappa shape index (κ3) is 3.99. The Hall–Kier alpha value is -4.55. The molecule has 4 heterocycles. The van der Waals surface area contributed by atoms with Gasteiger partial charge < -0.3 is 4.90 Å². The van der Waals surface area contributed by atoms with Crippen LogP contribution in [0.4, 0.5) is 33.5 Å². The van der Waals surface area contributed by atoms with Gasteiger partial charge >= 0.3 is 0 Å². The number of pyridine rings is 1. The molecule has 5 rings (SSSR count). The molecule has 0 amide bonds. The van der Waals surface area contributed by atoms with Crippen LogP contribution in [-0.4, -0.2) is 49.1 Å². The van der Waals surface area contributed by atoms with E-state index < -0.39 is 40.4 Å². The topological polar surface area (TPSA) is 84.5 Å². The zero-order chi connectivity index (χ0) is 27.1. The summed E-state index contributed by atoms with van der Waals surface area (Å²) >= 11 is 0. The first kappa shape index (κ1) is 25.1. The average Bonchev–Trinajstić information content (AvgIpc) is 3.49. The lowest BCUT2D eigenvalue weighted by Gasteiger charge is -2.20. The first-order valence-corrected chi connectivity index (χ1v) is 11.5. The highest BCUT2D eigenvalue weighted by Gasteiger charge is 2.36. The molecule has 0 fully saturated rings. The molecular weight excluding hydrogens is 507 g/mol. The SMILES string of the molecule is CCN(CC)c1ccc(N=C2C(c3c(F)c(F)c(F)c(F)c3F)=Nn3c(-c4cnccn4)cnc32)c(C)n1. The Bertz CT molecular complexity index is 1580. The quantitative estimate of drug-likeness (QED) is 0.201. The first-order chi connectivity index (χ1) is 18.3. The Morgan fingerprint density at radius 2 is 1.55 bits per heavy atom. The molecule has 1 aliphatic heterocycles. The van der Waals surface area contributed by atoms with E-state index in [1.807, 2.05) is 18.7 Å². The summed E-state index contributed by atoms with van der Waals surface area (Å²) in [7, 11) is 0. The fourth-order valence-electron chi connectivity index (χ4n) is 4.05. The van der Waals surface area contributed by atoms with Crippen molar-refractivity contribution in [2.75, 3.05) is 18.0 Å². The highest BCUT2D eigenvalue weighted by Crippen LogP contribution is 2.31. The van der Waals surface area contributed by atoms with Crippen molar-refractivity contribution in [3.63, 3.8) is 0 Å². The maximum atomic E-state index is 14.9. The van der Waals surface area contributed by atoms with Crippen LogP contribution < -0.4 is 4.90 Å². The average molecular weight is 526 g/mol. The van der Waals surface area contributed by atoms with Crippen LogP contribution in [0, 0.1) is 36.0 Å². The molecule has 0 saturated heterocycles. The van der Waals surface area contributed by atoms with Crippen LogP contribution in [0.1, 0.15) is 30.9 Å². The molecule has 1 aromatic carbocycles. The zero-order valence-electron chi connectivity index (χ0n) is 20.3. The Morgan fingerprint density at radius 3 is 2.16 bits per heavy atom. The van der Waals surface area contributed by atoms with E-state index in [0.29, 0.717) is 22.9 Å². The summed E-state index contributed by atoms with van der Waals surface area (Å²) < 4.78 is 73.0. The number of aliphatic imine (C=N–C) groups is 1. The standard InChI is InChI=1S/C25H19F5N8/c1-4-37(5-2)16-7-6-13(12(3)34-16)35-24-23(17-18(26)20(28)22(30)21(29)19(17)27)36-38-15(11-33-25(24)38)14-10-31-8-9-32-14/h6-11H,4-5H2,1-3H3. The van der Waals surface area contributed by atoms with Gasteiger partial charge in [-0.1, -0.05) is 0 Å². The lowest BCUT2D eigenvalue weighted by molar-refractivity contribution is 0.377. The number of imidazole rings is 1. The molecular formula is C25H19F5N8. The first-order valence-electron chi connectivity index (χ1n) is 11.5. The summed E-state index contributed by atoms with van der Waals surface area (Å²) in [5.41, 5.74) is -0.660. The highest BCUT2D eigenvalue weighted by atomic mass is 19.2. The number of benzene rings is 1. The number of rotatable bonds is 6. The summed E-state index contributed by atoms with van der Waals surface area (Å²) in [4.78, 5) is 23.5. The third-order valence-electron chi connectivity index (χ3n) is 6.01. The molecule has 0 saturated carbocycles. The molecule has 38 heavy (non-hydrogen) atoms. The Labute approximate surface area is 213 Å². The Morgan fingerprint density at radius 1 is 0.868 bits per heavy atom. The fourth-order valence-corrected chi connectivity index (χ4v) is 4.05. The third-order valence-corrected chi connectivity index (χ3v) is 6.01. The lowest BCUT2D eigenvalue weighted by atomic mass is 10.0. The largest absolute Gasteiger partial charge is 0.357 e. The maximum Gasteiger partial charge on any atom is 0.200 e. The monoisotopic (exact) mass is 526 g/mol. The van der Waals surface area contributed by atoms with Crippen LogP contribution in [0.2, 0.25) is 0 Å². The van der Waals surface area contributed by atoms with Crippen molar-refractivity contribution in [1.29, 1.82) is 0 Å². The van der Waals surface area contributed by atoms with Gasteiger partial charge in [-0.3, -0.25) is 9.97 Å². The number of nitrogens with zero attached hydrogens (tertiary/aromatic N) is 8. The zero-order valence-corrected chi connectivity index (χ0v) is 20.3. The molecule has 0 aliphatic carbocycles. The number of fused-ring (bicyclic) bond motifs is 1. The molecule has 194 valence electrons. The second-order valence-corrected chi connectivity index (χ2v) is 8.17. The minimum Gasteiger partial charge on any atom is -0.357 e. The van der Waals surface area contributed by atoms with E-state index in [-0.39, 0.29) is 17.2 Å². The molecule has 0 bridgehead atoms. The summed E-state index contributed by atoms with van der Waals surface area (Å²) in [5.74, 6) is -9.83. The number of anilines is 1. The van der Waals surface area contributed by atoms with E-state index >= 15 is 0 Å². The summed E-state index contributed by atoms with van der Waals surface area (Å²) in [6.45, 7) is 7.09. The number of hydrogen-bond donors (Lipinski definition) is 0. The molecule has 1 aliphatic rings. The van der Waals surface area contributed by atoms with Crippen molar-refractivity contribution >= 4 is 22.9 Å². The fraction of sp³-hybridized carbons (Fsp3) is 0.200. The van der Waals surface area contributed by atoms with Crippen molar-refractivity contribution in [3.8, 4) is 11.4 Å². The molecule has 13 heteroatoms. The van der Waals surface area contributed by atoms with Crippen molar-refractivity contribution in [1.82, 2.24) is 24.6 Å². The predicted molar refractivity (Wildman–Crippen MR) is 130 cm³/mol. The van der Waals surface area contributed by atoms with Crippen LogP contribution in [0.25, 0.3) is 11.4 Å². The Balaban J connectivity index is 1.74. The second-order valence-electron chi connectivity index (χ2n) is 8.17. The second kappa shape index (κ2) is 9.72. The van der Waals surface area contributed by atoms with Crippen LogP contribution in [0.15, 0.2) is 47.0 Å². The number of hydrogen-bond acceptors (Lipinski definition) is 7. The van der Waals surface area contributed by atoms with Gasteiger partial charge in [0.1, 0.15) is 28.6 Å². The van der Waals surface area contributed by atoms with Gasteiger partial charge in [-0.2, -0.15) is 5.10 Å². The summed E-state index contributed by atoms with van der Waals surface area (Å²) in [6.07, 6.45) is 5.66. The Kier molecular flexibility index (Phi) is 6.43. The van der Waals surface area contributed by atoms with Crippen LogP contribution >= 0.6 is 0 Å². The van der Waals surface area contributed by atoms with Gasteiger partial charge in [-0.25, -0.2) is 41.6 Å². The van der Waals surface area contributed by atoms with E-state index in [2.05, 4.69) is 30.0 Å². The number of aromatic nitrogens is 5. The normalized spacial score (nSPS) is 13.7. The van der Waals surface area contributed by atoms with E-state index in [9.17, 15) is 22.0 Å². The van der Waals surface area contributed by atoms with Gasteiger partial charge in [0.05, 0.1) is 29.3 Å². The maximum absolute atomic E-state index is 14.9. The van der Waals surface area contributed by atoms with Gasteiger partial charge in [-0.05, 0) is 32.9 Å². The van der Waals surface area contributed by atoms with Gasteiger partial charge in [0, 0.05) is 25.5 Å². The minimum absolute atomic E-state index is 0.0109. The van der Waals surface area contributed by atoms with E-state index in [4.69, 9.17) is 0 Å². The molecule has 0 radical (unpaired) electrons. The van der Waals surface area contributed by atoms with Crippen molar-refractivity contribution in [2.24, 2.45) is 10.1 Å². The lowest BCUT2D eigenvalue weighted by Crippen LogP contribution is -2.23. The van der Waals surface area contributed by atoms with E-state index in [0.717, 1.165) is 13.1 Å². The van der Waals surface area contributed by atoms with Gasteiger partial charge in [-0.15, -0.1) is 0 Å². The van der Waals surface area contributed by atoms with Crippen molar-refractivity contribution in [2.45, 2.75) is 20.8 Å². The summed E-state index contributed by atoms with van der Waals surface area (Å²) in [5, 5.41) is 4.18. The van der Waals surface area contributed by atoms with E-state index in [1.54, 1.807) is 19.1 Å². The summed E-state index contributed by atoms with van der Waals surface area (Å²) in [6, 6.07) is 3.37. The minimum atomic E-state index is -2.27. The molecule has 0 atom stereocenters. The number of aryl methyl sites for hydroxylation is 1. The van der Waals surface area contributed by atoms with Crippen molar-refractivity contribution in [3.05, 3.63) is 83.1 Å². The molecule has 0 N–H and O–H groups in total. The molecule has 8 nitrogen and oxygen atoms in total. The van der Waals surface area contributed by atoms with Gasteiger partial charge in [0.25, 0.3) is 0 Å². The van der Waals surface area contributed by atoms with Crippen LogP contribution in [0.3, 0.4) is 0 Å². The van der Waals surface area contributed by atoms with Crippen molar-refractivity contribution < 1.29 is 22.0 Å². The number of halogens is 5. The van der Waals surface area contributed by atoms with Gasteiger partial charge in [0.15, 0.2) is 29.1 Å². The van der Waals surface area contributed by atoms with E-state index in [1.165, 1.54) is 29.5 Å².